The highest BCUT2D eigenvalue weighted by Gasteiger charge is 2.54. The number of nitrogens with two attached hydrogens (primary N) is 1. The lowest BCUT2D eigenvalue weighted by atomic mass is 10.1. The molecule has 2 heterocycles. The van der Waals surface area contributed by atoms with Crippen LogP contribution in [0.4, 0.5) is 0 Å². The molecule has 14 heavy (non-hydrogen) atoms. The maximum Gasteiger partial charge on any atom is 0.186 e. The van der Waals surface area contributed by atoms with Crippen molar-refractivity contribution in [3.8, 4) is 0 Å². The molecule has 2 saturated heterocycles. The Morgan fingerprint density at radius 1 is 1.29 bits per heavy atom. The Bertz CT molecular complexity index is 201. The molecule has 0 aromatic heterocycles. The highest BCUT2D eigenvalue weighted by atomic mass is 16.8. The largest absolute Gasteiger partial charge is 0.353 e. The van der Waals surface area contributed by atoms with Gasteiger partial charge >= 0.3 is 0 Å². The van der Waals surface area contributed by atoms with Crippen LogP contribution in [-0.2, 0) is 18.9 Å². The van der Waals surface area contributed by atoms with Gasteiger partial charge in [0.1, 0.15) is 18.3 Å². The maximum absolute atomic E-state index is 5.70. The highest BCUT2D eigenvalue weighted by molar-refractivity contribution is 4.95. The van der Waals surface area contributed by atoms with Gasteiger partial charge in [-0.2, -0.15) is 0 Å². The van der Waals surface area contributed by atoms with Crippen molar-refractivity contribution in [3.63, 3.8) is 0 Å². The Morgan fingerprint density at radius 2 is 1.93 bits per heavy atom. The lowest BCUT2D eigenvalue weighted by Crippen LogP contribution is -2.34. The van der Waals surface area contributed by atoms with Crippen molar-refractivity contribution >= 4 is 0 Å². The Hall–Kier alpha value is -0.200. The average Bonchev–Trinajstić information content (AvgIpc) is 2.57. The van der Waals surface area contributed by atoms with E-state index >= 15 is 0 Å². The first-order valence-corrected chi connectivity index (χ1v) is 4.81. The van der Waals surface area contributed by atoms with Crippen LogP contribution in [0.3, 0.4) is 0 Å². The molecular weight excluding hydrogens is 186 g/mol. The van der Waals surface area contributed by atoms with Crippen LogP contribution in [0.1, 0.15) is 13.8 Å². The van der Waals surface area contributed by atoms with Gasteiger partial charge in [-0.15, -0.1) is 0 Å². The highest BCUT2D eigenvalue weighted by Crippen LogP contribution is 2.38. The summed E-state index contributed by atoms with van der Waals surface area (Å²) in [5.74, 6) is -0.566. The molecule has 4 atom stereocenters. The van der Waals surface area contributed by atoms with E-state index < -0.39 is 5.79 Å². The summed E-state index contributed by atoms with van der Waals surface area (Å²) in [5, 5.41) is 0. The van der Waals surface area contributed by atoms with Crippen LogP contribution < -0.4 is 5.73 Å². The predicted octanol–water partition coefficient (Wildman–Crippen LogP) is -0.163. The molecule has 82 valence electrons. The van der Waals surface area contributed by atoms with Gasteiger partial charge in [0, 0.05) is 13.7 Å². The van der Waals surface area contributed by atoms with E-state index in [9.17, 15) is 0 Å². The maximum atomic E-state index is 5.70. The molecule has 5 heteroatoms. The van der Waals surface area contributed by atoms with E-state index in [0.717, 1.165) is 0 Å². The average molecular weight is 203 g/mol. The first-order chi connectivity index (χ1) is 6.57. The summed E-state index contributed by atoms with van der Waals surface area (Å²) in [7, 11) is 1.59. The zero-order chi connectivity index (χ0) is 10.3. The zero-order valence-corrected chi connectivity index (χ0v) is 8.73. The van der Waals surface area contributed by atoms with Crippen LogP contribution in [0.2, 0.25) is 0 Å². The number of rotatable bonds is 2. The molecule has 0 spiro atoms. The quantitative estimate of drug-likeness (QED) is 0.675. The topological polar surface area (TPSA) is 62.9 Å². The predicted molar refractivity (Wildman–Crippen MR) is 48.5 cm³/mol. The Labute approximate surface area is 83.4 Å². The standard InChI is InChI=1S/C9H17NO4/c1-9(2)13-6-5(4-10)12-8(11-3)7(6)14-9/h5-8H,4,10H2,1-3H3/t5-,6+,7+,8+/m1/s1. The minimum atomic E-state index is -0.566. The van der Waals surface area contributed by atoms with E-state index in [1.54, 1.807) is 7.11 Å². The SMILES string of the molecule is CO[C@H]1O[C@H](CN)[C@@H]2OC(C)(C)O[C@H]12. The Morgan fingerprint density at radius 3 is 2.50 bits per heavy atom. The van der Waals surface area contributed by atoms with Crippen LogP contribution >= 0.6 is 0 Å². The van der Waals surface area contributed by atoms with Crippen LogP contribution in [0, 0.1) is 0 Å². The lowest BCUT2D eigenvalue weighted by Gasteiger charge is -2.22. The molecular formula is C9H17NO4. The van der Waals surface area contributed by atoms with E-state index in [1.807, 2.05) is 13.8 Å². The molecule has 2 fully saturated rings. The summed E-state index contributed by atoms with van der Waals surface area (Å²) >= 11 is 0. The van der Waals surface area contributed by atoms with Crippen molar-refractivity contribution in [3.05, 3.63) is 0 Å². The van der Waals surface area contributed by atoms with Crippen LogP contribution in [0.25, 0.3) is 0 Å². The van der Waals surface area contributed by atoms with E-state index in [4.69, 9.17) is 24.7 Å². The molecule has 0 saturated carbocycles. The van der Waals surface area contributed by atoms with Gasteiger partial charge in [-0.25, -0.2) is 0 Å². The molecule has 0 unspecified atom stereocenters. The van der Waals surface area contributed by atoms with Crippen LogP contribution in [0.5, 0.6) is 0 Å². The van der Waals surface area contributed by atoms with Gasteiger partial charge in [0.2, 0.25) is 0 Å². The second-order valence-corrected chi connectivity index (χ2v) is 4.08. The van der Waals surface area contributed by atoms with Crippen molar-refractivity contribution in [2.45, 2.75) is 44.2 Å². The summed E-state index contributed by atoms with van der Waals surface area (Å²) in [6.07, 6.45) is -0.773. The van der Waals surface area contributed by atoms with Gasteiger partial charge in [0.05, 0.1) is 0 Å². The second-order valence-electron chi connectivity index (χ2n) is 4.08. The smallest absolute Gasteiger partial charge is 0.186 e. The minimum Gasteiger partial charge on any atom is -0.353 e. The van der Waals surface area contributed by atoms with Crippen molar-refractivity contribution in [2.24, 2.45) is 5.73 Å². The first kappa shape index (κ1) is 10.3. The zero-order valence-electron chi connectivity index (χ0n) is 8.73. The molecule has 5 nitrogen and oxygen atoms in total. The van der Waals surface area contributed by atoms with Crippen molar-refractivity contribution in [1.29, 1.82) is 0 Å². The molecule has 0 amide bonds. The number of ether oxygens (including phenoxy) is 4. The van der Waals surface area contributed by atoms with Gasteiger partial charge in [-0.1, -0.05) is 0 Å². The fourth-order valence-electron chi connectivity index (χ4n) is 2.02. The van der Waals surface area contributed by atoms with Crippen molar-refractivity contribution in [2.75, 3.05) is 13.7 Å². The number of hydrogen-bond donors (Lipinski definition) is 1. The normalized spacial score (nSPS) is 45.4. The second kappa shape index (κ2) is 3.43. The van der Waals surface area contributed by atoms with Gasteiger partial charge in [0.15, 0.2) is 12.1 Å². The summed E-state index contributed by atoms with van der Waals surface area (Å²) in [6, 6.07) is 0. The molecule has 2 rings (SSSR count). The molecule has 2 aliphatic rings. The van der Waals surface area contributed by atoms with Crippen molar-refractivity contribution < 1.29 is 18.9 Å². The molecule has 2 aliphatic heterocycles. The molecule has 2 N–H and O–H groups in total. The van der Waals surface area contributed by atoms with Gasteiger partial charge in [-0.3, -0.25) is 0 Å². The van der Waals surface area contributed by atoms with Crippen molar-refractivity contribution in [1.82, 2.24) is 0 Å². The third kappa shape index (κ3) is 1.55. The first-order valence-electron chi connectivity index (χ1n) is 4.81. The molecule has 0 bridgehead atoms. The van der Waals surface area contributed by atoms with Crippen LogP contribution in [-0.4, -0.2) is 44.0 Å². The number of methoxy groups -OCH3 is 1. The molecule has 0 aromatic carbocycles. The number of fused-ring (bicyclic) bond motifs is 1. The van der Waals surface area contributed by atoms with Gasteiger partial charge in [0.25, 0.3) is 0 Å². The van der Waals surface area contributed by atoms with E-state index in [0.29, 0.717) is 6.54 Å². The summed E-state index contributed by atoms with van der Waals surface area (Å²) in [6.45, 7) is 4.18. The fraction of sp³-hybridized carbons (Fsp3) is 1.00. The monoisotopic (exact) mass is 203 g/mol. The molecule has 0 radical (unpaired) electrons. The number of hydrogen-bond acceptors (Lipinski definition) is 5. The minimum absolute atomic E-state index is 0.111. The lowest BCUT2D eigenvalue weighted by molar-refractivity contribution is -0.225. The third-order valence-corrected chi connectivity index (χ3v) is 2.57. The molecule has 0 aliphatic carbocycles. The third-order valence-electron chi connectivity index (χ3n) is 2.57. The van der Waals surface area contributed by atoms with Gasteiger partial charge in [-0.05, 0) is 13.8 Å². The Balaban J connectivity index is 2.12. The van der Waals surface area contributed by atoms with E-state index in [2.05, 4.69) is 0 Å². The summed E-state index contributed by atoms with van der Waals surface area (Å²) in [4.78, 5) is 0. The molecule has 0 aromatic rings. The Kier molecular flexibility index (Phi) is 2.53. The summed E-state index contributed by atoms with van der Waals surface area (Å²) in [5.41, 5.74) is 5.58. The van der Waals surface area contributed by atoms with Gasteiger partial charge < -0.3 is 24.7 Å². The van der Waals surface area contributed by atoms with Crippen LogP contribution in [0.15, 0.2) is 0 Å². The van der Waals surface area contributed by atoms with E-state index in [1.165, 1.54) is 0 Å². The van der Waals surface area contributed by atoms with E-state index in [-0.39, 0.29) is 24.6 Å². The fourth-order valence-corrected chi connectivity index (χ4v) is 2.02. The summed E-state index contributed by atoms with van der Waals surface area (Å²) < 4.78 is 22.1.